The van der Waals surface area contributed by atoms with Crippen LogP contribution in [0.3, 0.4) is 0 Å². The van der Waals surface area contributed by atoms with Gasteiger partial charge in [0.1, 0.15) is 5.82 Å². The lowest BCUT2D eigenvalue weighted by Gasteiger charge is -2.14. The van der Waals surface area contributed by atoms with Crippen molar-refractivity contribution in [2.75, 3.05) is 19.0 Å². The lowest BCUT2D eigenvalue weighted by molar-refractivity contribution is 0.101. The summed E-state index contributed by atoms with van der Waals surface area (Å²) in [4.78, 5) is 22.3. The molecule has 19 heavy (non-hydrogen) atoms. The second-order valence-corrected chi connectivity index (χ2v) is 4.73. The van der Waals surface area contributed by atoms with E-state index in [9.17, 15) is 4.79 Å². The molecule has 0 aliphatic rings. The number of hydrogen-bond donors (Lipinski definition) is 0. The average molecular weight is 255 g/mol. The van der Waals surface area contributed by atoms with Gasteiger partial charge in [-0.1, -0.05) is 18.2 Å². The summed E-state index contributed by atoms with van der Waals surface area (Å²) >= 11 is 0. The lowest BCUT2D eigenvalue weighted by Crippen LogP contribution is -2.13. The van der Waals surface area contributed by atoms with Crippen molar-refractivity contribution >= 4 is 11.6 Å². The van der Waals surface area contributed by atoms with E-state index in [4.69, 9.17) is 0 Å². The van der Waals surface area contributed by atoms with E-state index in [0.717, 1.165) is 16.9 Å². The molecule has 1 aromatic heterocycles. The van der Waals surface area contributed by atoms with Gasteiger partial charge in [0, 0.05) is 37.0 Å². The maximum atomic E-state index is 11.4. The van der Waals surface area contributed by atoms with Gasteiger partial charge in [-0.25, -0.2) is 9.97 Å². The fourth-order valence-corrected chi connectivity index (χ4v) is 1.90. The standard InChI is InChI=1S/C15H17N3O/c1-10-9-16-14(17-15(10)18(3)4)13-7-5-6-12(8-13)11(2)19/h5-9H,1-4H3. The fraction of sp³-hybridized carbons (Fsp3) is 0.267. The van der Waals surface area contributed by atoms with Crippen molar-refractivity contribution in [2.45, 2.75) is 13.8 Å². The minimum atomic E-state index is 0.0433. The number of aromatic nitrogens is 2. The molecule has 0 amide bonds. The number of anilines is 1. The monoisotopic (exact) mass is 255 g/mol. The van der Waals surface area contributed by atoms with Crippen molar-refractivity contribution in [1.29, 1.82) is 0 Å². The van der Waals surface area contributed by atoms with Crippen molar-refractivity contribution in [2.24, 2.45) is 0 Å². The van der Waals surface area contributed by atoms with Crippen LogP contribution < -0.4 is 4.90 Å². The Balaban J connectivity index is 2.50. The zero-order valence-electron chi connectivity index (χ0n) is 11.6. The molecule has 0 saturated carbocycles. The third-order valence-electron chi connectivity index (χ3n) is 2.90. The highest BCUT2D eigenvalue weighted by Crippen LogP contribution is 2.21. The second kappa shape index (κ2) is 5.18. The Labute approximate surface area is 113 Å². The molecule has 0 spiro atoms. The number of nitrogens with zero attached hydrogens (tertiary/aromatic N) is 3. The Morgan fingerprint density at radius 3 is 2.63 bits per heavy atom. The molecule has 0 bridgehead atoms. The molecule has 0 aliphatic carbocycles. The summed E-state index contributed by atoms with van der Waals surface area (Å²) in [5.74, 6) is 1.57. The number of carbonyl (C=O) groups is 1. The van der Waals surface area contributed by atoms with Gasteiger partial charge in [0.2, 0.25) is 0 Å². The number of hydrogen-bond acceptors (Lipinski definition) is 4. The molecule has 4 nitrogen and oxygen atoms in total. The number of carbonyl (C=O) groups excluding carboxylic acids is 1. The SMILES string of the molecule is CC(=O)c1cccc(-c2ncc(C)c(N(C)C)n2)c1. The lowest BCUT2D eigenvalue weighted by atomic mass is 10.1. The van der Waals surface area contributed by atoms with Gasteiger partial charge in [-0.05, 0) is 19.9 Å². The Morgan fingerprint density at radius 2 is 2.00 bits per heavy atom. The third-order valence-corrected chi connectivity index (χ3v) is 2.90. The first kappa shape index (κ1) is 13.2. The van der Waals surface area contributed by atoms with Gasteiger partial charge in [-0.2, -0.15) is 0 Å². The first-order valence-electron chi connectivity index (χ1n) is 6.11. The van der Waals surface area contributed by atoms with E-state index in [0.29, 0.717) is 11.4 Å². The molecule has 0 atom stereocenters. The zero-order valence-corrected chi connectivity index (χ0v) is 11.6. The van der Waals surface area contributed by atoms with Gasteiger partial charge < -0.3 is 4.90 Å². The summed E-state index contributed by atoms with van der Waals surface area (Å²) in [6.07, 6.45) is 1.80. The van der Waals surface area contributed by atoms with Crippen LogP contribution in [-0.2, 0) is 0 Å². The van der Waals surface area contributed by atoms with E-state index in [1.807, 2.05) is 44.1 Å². The van der Waals surface area contributed by atoms with Crippen molar-refractivity contribution in [3.8, 4) is 11.4 Å². The maximum absolute atomic E-state index is 11.4. The van der Waals surface area contributed by atoms with Crippen LogP contribution in [0.15, 0.2) is 30.5 Å². The van der Waals surface area contributed by atoms with E-state index in [1.165, 1.54) is 0 Å². The Kier molecular flexibility index (Phi) is 3.60. The van der Waals surface area contributed by atoms with E-state index in [-0.39, 0.29) is 5.78 Å². The minimum absolute atomic E-state index is 0.0433. The summed E-state index contributed by atoms with van der Waals surface area (Å²) in [5, 5.41) is 0. The van der Waals surface area contributed by atoms with Crippen LogP contribution in [0.4, 0.5) is 5.82 Å². The molecule has 0 saturated heterocycles. The predicted molar refractivity (Wildman–Crippen MR) is 76.5 cm³/mol. The predicted octanol–water partition coefficient (Wildman–Crippen LogP) is 2.72. The Bertz CT molecular complexity index is 621. The first-order valence-corrected chi connectivity index (χ1v) is 6.11. The molecule has 98 valence electrons. The second-order valence-electron chi connectivity index (χ2n) is 4.73. The summed E-state index contributed by atoms with van der Waals surface area (Å²) in [5.41, 5.74) is 2.56. The minimum Gasteiger partial charge on any atom is -0.362 e. The molecule has 0 aliphatic heterocycles. The summed E-state index contributed by atoms with van der Waals surface area (Å²) in [7, 11) is 3.90. The zero-order chi connectivity index (χ0) is 14.0. The summed E-state index contributed by atoms with van der Waals surface area (Å²) in [6, 6.07) is 7.39. The Hall–Kier alpha value is -2.23. The highest BCUT2D eigenvalue weighted by Gasteiger charge is 2.09. The number of aryl methyl sites for hydroxylation is 1. The third kappa shape index (κ3) is 2.78. The van der Waals surface area contributed by atoms with Gasteiger partial charge in [0.05, 0.1) is 0 Å². The van der Waals surface area contributed by atoms with Gasteiger partial charge in [0.15, 0.2) is 11.6 Å². The molecule has 1 heterocycles. The largest absolute Gasteiger partial charge is 0.362 e. The van der Waals surface area contributed by atoms with Crippen molar-refractivity contribution in [1.82, 2.24) is 9.97 Å². The molecule has 0 radical (unpaired) electrons. The van der Waals surface area contributed by atoms with E-state index in [1.54, 1.807) is 19.2 Å². The molecule has 0 fully saturated rings. The van der Waals surface area contributed by atoms with Crippen LogP contribution >= 0.6 is 0 Å². The molecule has 1 aromatic carbocycles. The average Bonchev–Trinajstić information content (AvgIpc) is 2.39. The Morgan fingerprint density at radius 1 is 1.26 bits per heavy atom. The number of rotatable bonds is 3. The molecule has 2 rings (SSSR count). The molecule has 0 N–H and O–H groups in total. The van der Waals surface area contributed by atoms with Crippen LogP contribution in [0.25, 0.3) is 11.4 Å². The topological polar surface area (TPSA) is 46.1 Å². The molecule has 0 unspecified atom stereocenters. The molecular weight excluding hydrogens is 238 g/mol. The number of benzene rings is 1. The van der Waals surface area contributed by atoms with Gasteiger partial charge in [-0.15, -0.1) is 0 Å². The van der Waals surface area contributed by atoms with Crippen LogP contribution in [-0.4, -0.2) is 29.8 Å². The quantitative estimate of drug-likeness (QED) is 0.791. The van der Waals surface area contributed by atoms with Crippen molar-refractivity contribution in [3.05, 3.63) is 41.6 Å². The summed E-state index contributed by atoms with van der Waals surface area (Å²) in [6.45, 7) is 3.53. The van der Waals surface area contributed by atoms with Gasteiger partial charge in [0.25, 0.3) is 0 Å². The fourth-order valence-electron chi connectivity index (χ4n) is 1.90. The highest BCUT2D eigenvalue weighted by atomic mass is 16.1. The first-order chi connectivity index (χ1) is 8.99. The van der Waals surface area contributed by atoms with Crippen LogP contribution in [0.2, 0.25) is 0 Å². The normalized spacial score (nSPS) is 10.3. The molecule has 4 heteroatoms. The molecule has 2 aromatic rings. The van der Waals surface area contributed by atoms with E-state index >= 15 is 0 Å². The summed E-state index contributed by atoms with van der Waals surface area (Å²) < 4.78 is 0. The van der Waals surface area contributed by atoms with Crippen molar-refractivity contribution in [3.63, 3.8) is 0 Å². The number of ketones is 1. The highest BCUT2D eigenvalue weighted by molar-refractivity contribution is 5.95. The molecular formula is C15H17N3O. The van der Waals surface area contributed by atoms with Crippen molar-refractivity contribution < 1.29 is 4.79 Å². The van der Waals surface area contributed by atoms with E-state index in [2.05, 4.69) is 9.97 Å². The smallest absolute Gasteiger partial charge is 0.161 e. The van der Waals surface area contributed by atoms with Gasteiger partial charge >= 0.3 is 0 Å². The maximum Gasteiger partial charge on any atom is 0.161 e. The number of Topliss-reactive ketones (excluding diaryl/α,β-unsaturated/α-hetero) is 1. The van der Waals surface area contributed by atoms with Gasteiger partial charge in [-0.3, -0.25) is 4.79 Å². The van der Waals surface area contributed by atoms with Crippen LogP contribution in [0.5, 0.6) is 0 Å². The van der Waals surface area contributed by atoms with E-state index < -0.39 is 0 Å². The van der Waals surface area contributed by atoms with Crippen LogP contribution in [0, 0.1) is 6.92 Å². The van der Waals surface area contributed by atoms with Crippen LogP contribution in [0.1, 0.15) is 22.8 Å².